The van der Waals surface area contributed by atoms with E-state index in [1.165, 1.54) is 37.7 Å². The molecular weight excluding hydrogens is 262 g/mol. The number of para-hydroxylation sites is 1. The Morgan fingerprint density at radius 2 is 2.24 bits per heavy atom. The van der Waals surface area contributed by atoms with E-state index in [-0.39, 0.29) is 0 Å². The highest BCUT2D eigenvalue weighted by Gasteiger charge is 2.17. The molecule has 0 bridgehead atoms. The number of hydrogen-bond acceptors (Lipinski definition) is 3. The normalized spacial score (nSPS) is 19.6. The van der Waals surface area contributed by atoms with Crippen LogP contribution < -0.4 is 10.1 Å². The zero-order valence-electron chi connectivity index (χ0n) is 13.4. The van der Waals surface area contributed by atoms with Gasteiger partial charge in [-0.2, -0.15) is 0 Å². The molecule has 2 unspecified atom stereocenters. The lowest BCUT2D eigenvalue weighted by Crippen LogP contribution is -2.31. The Labute approximate surface area is 129 Å². The Morgan fingerprint density at radius 3 is 2.95 bits per heavy atom. The summed E-state index contributed by atoms with van der Waals surface area (Å²) in [5.41, 5.74) is 1.29. The Bertz CT molecular complexity index is 402. The molecule has 1 N–H and O–H groups in total. The molecule has 1 aliphatic rings. The molecule has 0 aromatic heterocycles. The molecule has 21 heavy (non-hydrogen) atoms. The van der Waals surface area contributed by atoms with Gasteiger partial charge in [-0.1, -0.05) is 25.1 Å². The number of hydrogen-bond donors (Lipinski definition) is 1. The third kappa shape index (κ3) is 5.33. The van der Waals surface area contributed by atoms with Gasteiger partial charge in [-0.3, -0.25) is 0 Å². The maximum Gasteiger partial charge on any atom is 0.122 e. The maximum absolute atomic E-state index is 5.71. The number of rotatable bonds is 9. The maximum atomic E-state index is 5.71. The molecule has 118 valence electrons. The smallest absolute Gasteiger partial charge is 0.122 e. The van der Waals surface area contributed by atoms with Crippen LogP contribution in [0.25, 0.3) is 0 Å². The summed E-state index contributed by atoms with van der Waals surface area (Å²) < 4.78 is 11.2. The largest absolute Gasteiger partial charge is 0.496 e. The number of ether oxygens (including phenoxy) is 2. The molecule has 1 heterocycles. The quantitative estimate of drug-likeness (QED) is 0.754. The van der Waals surface area contributed by atoms with Gasteiger partial charge in [0.2, 0.25) is 0 Å². The van der Waals surface area contributed by atoms with E-state index in [0.717, 1.165) is 25.3 Å². The van der Waals surface area contributed by atoms with Gasteiger partial charge in [-0.05, 0) is 56.7 Å². The van der Waals surface area contributed by atoms with Crippen LogP contribution in [0.3, 0.4) is 0 Å². The molecule has 2 atom stereocenters. The average Bonchev–Trinajstić information content (AvgIpc) is 3.01. The summed E-state index contributed by atoms with van der Waals surface area (Å²) in [7, 11) is 1.75. The number of methoxy groups -OCH3 is 1. The Balaban J connectivity index is 1.82. The fourth-order valence-corrected chi connectivity index (χ4v) is 3.17. The topological polar surface area (TPSA) is 30.5 Å². The molecule has 0 aliphatic carbocycles. The summed E-state index contributed by atoms with van der Waals surface area (Å²) >= 11 is 0. The van der Waals surface area contributed by atoms with Gasteiger partial charge in [0.05, 0.1) is 13.2 Å². The molecule has 1 saturated heterocycles. The molecule has 3 heteroatoms. The van der Waals surface area contributed by atoms with Crippen LogP contribution in [0.1, 0.15) is 44.6 Å². The van der Waals surface area contributed by atoms with Crippen molar-refractivity contribution in [1.29, 1.82) is 0 Å². The highest BCUT2D eigenvalue weighted by Crippen LogP contribution is 2.22. The molecule has 1 aromatic rings. The Kier molecular flexibility index (Phi) is 7.04. The SMILES string of the molecule is CCNC(CCCC1CCCO1)Cc1ccccc1OC. The van der Waals surface area contributed by atoms with E-state index in [1.807, 2.05) is 12.1 Å². The van der Waals surface area contributed by atoms with Crippen LogP contribution in [0.4, 0.5) is 0 Å². The number of likely N-dealkylation sites (N-methyl/N-ethyl adjacent to an activating group) is 1. The van der Waals surface area contributed by atoms with Crippen molar-refractivity contribution < 1.29 is 9.47 Å². The van der Waals surface area contributed by atoms with Crippen LogP contribution in [-0.4, -0.2) is 32.4 Å². The van der Waals surface area contributed by atoms with E-state index in [1.54, 1.807) is 7.11 Å². The van der Waals surface area contributed by atoms with Crippen molar-refractivity contribution in [2.24, 2.45) is 0 Å². The van der Waals surface area contributed by atoms with Gasteiger partial charge < -0.3 is 14.8 Å². The summed E-state index contributed by atoms with van der Waals surface area (Å²) in [6.45, 7) is 4.15. The number of benzene rings is 1. The summed E-state index contributed by atoms with van der Waals surface area (Å²) in [5, 5.41) is 3.61. The van der Waals surface area contributed by atoms with Crippen molar-refractivity contribution in [3.8, 4) is 5.75 Å². The first-order valence-corrected chi connectivity index (χ1v) is 8.30. The first kappa shape index (κ1) is 16.3. The Morgan fingerprint density at radius 1 is 1.38 bits per heavy atom. The van der Waals surface area contributed by atoms with Crippen LogP contribution >= 0.6 is 0 Å². The summed E-state index contributed by atoms with van der Waals surface area (Å²) in [6.07, 6.45) is 7.67. The molecule has 2 rings (SSSR count). The molecule has 0 amide bonds. The standard InChI is InChI=1S/C18H29NO2/c1-3-19-16(9-6-10-17-11-7-13-21-17)14-15-8-4-5-12-18(15)20-2/h4-5,8,12,16-17,19H,3,6-7,9-11,13-14H2,1-2H3. The van der Waals surface area contributed by atoms with Crippen LogP contribution in [0, 0.1) is 0 Å². The predicted molar refractivity (Wildman–Crippen MR) is 87.0 cm³/mol. The fraction of sp³-hybridized carbons (Fsp3) is 0.667. The second kappa shape index (κ2) is 9.06. The van der Waals surface area contributed by atoms with Gasteiger partial charge in [0.25, 0.3) is 0 Å². The van der Waals surface area contributed by atoms with Crippen molar-refractivity contribution >= 4 is 0 Å². The molecule has 1 aromatic carbocycles. The van der Waals surface area contributed by atoms with E-state index < -0.39 is 0 Å². The highest BCUT2D eigenvalue weighted by molar-refractivity contribution is 5.33. The second-order valence-electron chi connectivity index (χ2n) is 5.84. The molecule has 0 radical (unpaired) electrons. The zero-order chi connectivity index (χ0) is 14.9. The van der Waals surface area contributed by atoms with Crippen LogP contribution in [0.5, 0.6) is 5.75 Å². The summed E-state index contributed by atoms with van der Waals surface area (Å²) in [4.78, 5) is 0. The van der Waals surface area contributed by atoms with E-state index in [4.69, 9.17) is 9.47 Å². The molecule has 0 spiro atoms. The van der Waals surface area contributed by atoms with Crippen molar-refractivity contribution in [3.63, 3.8) is 0 Å². The van der Waals surface area contributed by atoms with E-state index in [2.05, 4.69) is 24.4 Å². The lowest BCUT2D eigenvalue weighted by Gasteiger charge is -2.20. The van der Waals surface area contributed by atoms with E-state index in [9.17, 15) is 0 Å². The van der Waals surface area contributed by atoms with Crippen molar-refractivity contribution in [2.45, 2.75) is 57.6 Å². The van der Waals surface area contributed by atoms with Gasteiger partial charge in [0.15, 0.2) is 0 Å². The Hall–Kier alpha value is -1.06. The molecule has 1 aliphatic heterocycles. The summed E-state index contributed by atoms with van der Waals surface area (Å²) in [6, 6.07) is 8.86. The molecular formula is C18H29NO2. The fourth-order valence-electron chi connectivity index (χ4n) is 3.17. The molecule has 1 fully saturated rings. The summed E-state index contributed by atoms with van der Waals surface area (Å²) in [5.74, 6) is 1.000. The first-order chi connectivity index (χ1) is 10.3. The monoisotopic (exact) mass is 291 g/mol. The van der Waals surface area contributed by atoms with Crippen LogP contribution in [0.15, 0.2) is 24.3 Å². The van der Waals surface area contributed by atoms with Crippen molar-refractivity contribution in [1.82, 2.24) is 5.32 Å². The third-order valence-corrected chi connectivity index (χ3v) is 4.25. The predicted octanol–water partition coefficient (Wildman–Crippen LogP) is 3.57. The van der Waals surface area contributed by atoms with Gasteiger partial charge >= 0.3 is 0 Å². The first-order valence-electron chi connectivity index (χ1n) is 8.30. The minimum Gasteiger partial charge on any atom is -0.496 e. The third-order valence-electron chi connectivity index (χ3n) is 4.25. The van der Waals surface area contributed by atoms with Gasteiger partial charge in [-0.25, -0.2) is 0 Å². The van der Waals surface area contributed by atoms with Gasteiger partial charge in [0, 0.05) is 12.6 Å². The van der Waals surface area contributed by atoms with E-state index >= 15 is 0 Å². The van der Waals surface area contributed by atoms with Crippen molar-refractivity contribution in [3.05, 3.63) is 29.8 Å². The minimum atomic E-state index is 0.513. The van der Waals surface area contributed by atoms with Gasteiger partial charge in [-0.15, -0.1) is 0 Å². The van der Waals surface area contributed by atoms with Crippen molar-refractivity contribution in [2.75, 3.05) is 20.3 Å². The number of nitrogens with one attached hydrogen (secondary N) is 1. The minimum absolute atomic E-state index is 0.513. The van der Waals surface area contributed by atoms with Crippen LogP contribution in [0.2, 0.25) is 0 Å². The van der Waals surface area contributed by atoms with Crippen LogP contribution in [-0.2, 0) is 11.2 Å². The average molecular weight is 291 g/mol. The lowest BCUT2D eigenvalue weighted by atomic mass is 9.98. The highest BCUT2D eigenvalue weighted by atomic mass is 16.5. The van der Waals surface area contributed by atoms with Gasteiger partial charge in [0.1, 0.15) is 5.75 Å². The lowest BCUT2D eigenvalue weighted by molar-refractivity contribution is 0.101. The molecule has 3 nitrogen and oxygen atoms in total. The second-order valence-corrected chi connectivity index (χ2v) is 5.84. The zero-order valence-corrected chi connectivity index (χ0v) is 13.4. The van der Waals surface area contributed by atoms with E-state index in [0.29, 0.717) is 12.1 Å². The molecule has 0 saturated carbocycles.